The third kappa shape index (κ3) is 4.42. The highest BCUT2D eigenvalue weighted by Crippen LogP contribution is 2.08. The fourth-order valence-corrected chi connectivity index (χ4v) is 1.80. The normalized spacial score (nSPS) is 11.6. The Bertz CT molecular complexity index is 655. The van der Waals surface area contributed by atoms with Crippen molar-refractivity contribution >= 4 is 17.9 Å². The van der Waals surface area contributed by atoms with Gasteiger partial charge in [0.1, 0.15) is 0 Å². The number of aryl methyl sites for hydroxylation is 1. The topological polar surface area (TPSA) is 38.7 Å². The van der Waals surface area contributed by atoms with Gasteiger partial charge >= 0.3 is 6.09 Å². The molecule has 0 unspecified atom stereocenters. The van der Waals surface area contributed by atoms with E-state index < -0.39 is 6.09 Å². The standard InChI is InChI=1S/C18H17NO2/c1-14-8-10-15(11-9-14)12-13-17(19-18(20)21-2)16-6-4-3-5-7-16/h3-13H,1-2H3/b13-12+,19-17-. The first-order valence-corrected chi connectivity index (χ1v) is 6.66. The first-order valence-electron chi connectivity index (χ1n) is 6.66. The van der Waals surface area contributed by atoms with Crippen LogP contribution < -0.4 is 0 Å². The Balaban J connectivity index is 2.30. The number of carbonyl (C=O) groups excluding carboxylic acids is 1. The van der Waals surface area contributed by atoms with Gasteiger partial charge in [0.25, 0.3) is 0 Å². The number of amides is 1. The zero-order valence-corrected chi connectivity index (χ0v) is 12.1. The van der Waals surface area contributed by atoms with Crippen LogP contribution in [0.5, 0.6) is 0 Å². The summed E-state index contributed by atoms with van der Waals surface area (Å²) in [6.45, 7) is 2.04. The van der Waals surface area contributed by atoms with Crippen molar-refractivity contribution in [3.05, 3.63) is 77.4 Å². The molecule has 2 rings (SSSR count). The third-order valence-electron chi connectivity index (χ3n) is 2.97. The molecule has 0 aliphatic carbocycles. The molecule has 0 aliphatic rings. The van der Waals surface area contributed by atoms with Crippen molar-refractivity contribution in [1.82, 2.24) is 0 Å². The number of ether oxygens (including phenoxy) is 1. The molecule has 2 aromatic carbocycles. The maximum atomic E-state index is 11.4. The minimum absolute atomic E-state index is 0.572. The van der Waals surface area contributed by atoms with Gasteiger partial charge in [-0.2, -0.15) is 4.99 Å². The van der Waals surface area contributed by atoms with Crippen molar-refractivity contribution in [2.75, 3.05) is 7.11 Å². The predicted molar refractivity (Wildman–Crippen MR) is 85.6 cm³/mol. The molecule has 1 amide bonds. The molecule has 21 heavy (non-hydrogen) atoms. The molecule has 0 saturated heterocycles. The van der Waals surface area contributed by atoms with Crippen LogP contribution in [0.4, 0.5) is 4.79 Å². The fourth-order valence-electron chi connectivity index (χ4n) is 1.80. The van der Waals surface area contributed by atoms with Crippen LogP contribution in [0.2, 0.25) is 0 Å². The van der Waals surface area contributed by atoms with Gasteiger partial charge in [-0.3, -0.25) is 0 Å². The first kappa shape index (κ1) is 14.7. The highest BCUT2D eigenvalue weighted by atomic mass is 16.5. The monoisotopic (exact) mass is 279 g/mol. The highest BCUT2D eigenvalue weighted by Gasteiger charge is 2.03. The molecular formula is C18H17NO2. The number of nitrogens with zero attached hydrogens (tertiary/aromatic N) is 1. The van der Waals surface area contributed by atoms with Crippen LogP contribution in [0.25, 0.3) is 6.08 Å². The zero-order chi connectivity index (χ0) is 15.1. The van der Waals surface area contributed by atoms with Crippen molar-refractivity contribution in [2.24, 2.45) is 4.99 Å². The first-order chi connectivity index (χ1) is 10.2. The van der Waals surface area contributed by atoms with Crippen LogP contribution in [0.15, 0.2) is 65.7 Å². The summed E-state index contributed by atoms with van der Waals surface area (Å²) in [6.07, 6.45) is 3.13. The molecule has 0 bridgehead atoms. The van der Waals surface area contributed by atoms with E-state index in [0.717, 1.165) is 11.1 Å². The number of allylic oxidation sites excluding steroid dienone is 1. The molecule has 0 atom stereocenters. The molecule has 0 saturated carbocycles. The van der Waals surface area contributed by atoms with Gasteiger partial charge in [-0.05, 0) is 18.6 Å². The maximum Gasteiger partial charge on any atom is 0.433 e. The Kier molecular flexibility index (Phi) is 5.04. The molecule has 0 aliphatic heterocycles. The van der Waals surface area contributed by atoms with Gasteiger partial charge in [0.2, 0.25) is 0 Å². The molecule has 3 heteroatoms. The molecule has 0 fully saturated rings. The minimum Gasteiger partial charge on any atom is -0.451 e. The minimum atomic E-state index is -0.609. The maximum absolute atomic E-state index is 11.4. The van der Waals surface area contributed by atoms with Gasteiger partial charge in [0.05, 0.1) is 12.8 Å². The Morgan fingerprint density at radius 1 is 1.05 bits per heavy atom. The van der Waals surface area contributed by atoms with E-state index in [1.165, 1.54) is 12.7 Å². The average Bonchev–Trinajstić information content (AvgIpc) is 2.53. The lowest BCUT2D eigenvalue weighted by molar-refractivity contribution is 0.182. The summed E-state index contributed by atoms with van der Waals surface area (Å²) < 4.78 is 4.61. The number of benzene rings is 2. The molecular weight excluding hydrogens is 262 g/mol. The highest BCUT2D eigenvalue weighted by molar-refractivity contribution is 6.14. The quantitative estimate of drug-likeness (QED) is 0.787. The van der Waals surface area contributed by atoms with E-state index in [0.29, 0.717) is 5.71 Å². The second-order valence-corrected chi connectivity index (χ2v) is 4.58. The van der Waals surface area contributed by atoms with E-state index in [9.17, 15) is 4.79 Å². The van der Waals surface area contributed by atoms with Gasteiger partial charge < -0.3 is 4.74 Å². The number of carbonyl (C=O) groups is 1. The van der Waals surface area contributed by atoms with Crippen molar-refractivity contribution in [3.63, 3.8) is 0 Å². The Labute approximate surface area is 124 Å². The van der Waals surface area contributed by atoms with Crippen molar-refractivity contribution < 1.29 is 9.53 Å². The summed E-state index contributed by atoms with van der Waals surface area (Å²) in [5.41, 5.74) is 3.70. The smallest absolute Gasteiger partial charge is 0.433 e. The summed E-state index contributed by atoms with van der Waals surface area (Å²) >= 11 is 0. The van der Waals surface area contributed by atoms with Crippen LogP contribution in [-0.4, -0.2) is 18.9 Å². The van der Waals surface area contributed by atoms with Gasteiger partial charge in [-0.1, -0.05) is 66.2 Å². The van der Waals surface area contributed by atoms with E-state index in [1.54, 1.807) is 0 Å². The molecule has 0 heterocycles. The fraction of sp³-hybridized carbons (Fsp3) is 0.111. The molecule has 2 aromatic rings. The lowest BCUT2D eigenvalue weighted by Gasteiger charge is -2.01. The summed E-state index contributed by atoms with van der Waals surface area (Å²) in [7, 11) is 1.32. The molecule has 0 aromatic heterocycles. The van der Waals surface area contributed by atoms with E-state index in [2.05, 4.69) is 9.73 Å². The second-order valence-electron chi connectivity index (χ2n) is 4.58. The van der Waals surface area contributed by atoms with Gasteiger partial charge in [0.15, 0.2) is 0 Å². The average molecular weight is 279 g/mol. The molecule has 3 nitrogen and oxygen atoms in total. The van der Waals surface area contributed by atoms with E-state index >= 15 is 0 Å². The lowest BCUT2D eigenvalue weighted by Crippen LogP contribution is -2.02. The van der Waals surface area contributed by atoms with Crippen LogP contribution in [0.3, 0.4) is 0 Å². The Hall–Kier alpha value is -2.68. The van der Waals surface area contributed by atoms with Crippen molar-refractivity contribution in [2.45, 2.75) is 6.92 Å². The predicted octanol–water partition coefficient (Wildman–Crippen LogP) is 4.26. The van der Waals surface area contributed by atoms with Gasteiger partial charge in [-0.15, -0.1) is 0 Å². The Morgan fingerprint density at radius 3 is 2.33 bits per heavy atom. The number of aliphatic imine (C=N–C) groups is 1. The zero-order valence-electron chi connectivity index (χ0n) is 12.1. The lowest BCUT2D eigenvalue weighted by atomic mass is 10.1. The summed E-state index contributed by atoms with van der Waals surface area (Å²) in [5, 5.41) is 0. The number of hydrogen-bond acceptors (Lipinski definition) is 2. The Morgan fingerprint density at radius 2 is 1.71 bits per heavy atom. The number of hydrogen-bond donors (Lipinski definition) is 0. The largest absolute Gasteiger partial charge is 0.451 e. The van der Waals surface area contributed by atoms with Crippen molar-refractivity contribution in [1.29, 1.82) is 0 Å². The van der Waals surface area contributed by atoms with Crippen LogP contribution in [0, 0.1) is 6.92 Å². The van der Waals surface area contributed by atoms with E-state index in [-0.39, 0.29) is 0 Å². The van der Waals surface area contributed by atoms with E-state index in [4.69, 9.17) is 0 Å². The summed E-state index contributed by atoms with van der Waals surface area (Å²) in [4.78, 5) is 15.4. The third-order valence-corrected chi connectivity index (χ3v) is 2.97. The van der Waals surface area contributed by atoms with Crippen LogP contribution >= 0.6 is 0 Å². The summed E-state index contributed by atoms with van der Waals surface area (Å²) in [5.74, 6) is 0. The number of methoxy groups -OCH3 is 1. The summed E-state index contributed by atoms with van der Waals surface area (Å²) in [6, 6.07) is 17.7. The van der Waals surface area contributed by atoms with Gasteiger partial charge in [-0.25, -0.2) is 4.79 Å². The molecule has 106 valence electrons. The number of rotatable bonds is 3. The van der Waals surface area contributed by atoms with Crippen LogP contribution in [-0.2, 0) is 4.74 Å². The molecule has 0 spiro atoms. The van der Waals surface area contributed by atoms with Crippen molar-refractivity contribution in [3.8, 4) is 0 Å². The molecule has 0 radical (unpaired) electrons. The van der Waals surface area contributed by atoms with E-state index in [1.807, 2.05) is 73.7 Å². The van der Waals surface area contributed by atoms with Crippen LogP contribution in [0.1, 0.15) is 16.7 Å². The SMILES string of the molecule is COC(=O)/N=C(/C=C/c1ccc(C)cc1)c1ccccc1. The second kappa shape index (κ2) is 7.20. The van der Waals surface area contributed by atoms with Gasteiger partial charge in [0, 0.05) is 5.56 Å². The molecule has 0 N–H and O–H groups in total.